The van der Waals surface area contributed by atoms with Crippen LogP contribution in [0.2, 0.25) is 0 Å². The van der Waals surface area contributed by atoms with Crippen LogP contribution in [0.1, 0.15) is 11.1 Å². The van der Waals surface area contributed by atoms with Gasteiger partial charge >= 0.3 is 0 Å². The van der Waals surface area contributed by atoms with Gasteiger partial charge in [-0.05, 0) is 23.3 Å². The fourth-order valence-corrected chi connectivity index (χ4v) is 1.33. The molecule has 3 heteroatoms. The Labute approximate surface area is 99.3 Å². The molecule has 0 fully saturated rings. The second-order valence-corrected chi connectivity index (χ2v) is 3.55. The van der Waals surface area contributed by atoms with Gasteiger partial charge in [0.15, 0.2) is 0 Å². The van der Waals surface area contributed by atoms with E-state index in [1.807, 2.05) is 30.3 Å². The van der Waals surface area contributed by atoms with Gasteiger partial charge in [0.25, 0.3) is 0 Å². The van der Waals surface area contributed by atoms with E-state index in [0.717, 1.165) is 11.1 Å². The molecule has 0 radical (unpaired) electrons. The number of nitrogens with zero attached hydrogens (tertiary/aromatic N) is 1. The van der Waals surface area contributed by atoms with E-state index in [9.17, 15) is 4.39 Å². The third-order valence-electron chi connectivity index (χ3n) is 2.22. The maximum atomic E-state index is 12.6. The Morgan fingerprint density at radius 3 is 2.41 bits per heavy atom. The van der Waals surface area contributed by atoms with Crippen LogP contribution in [-0.4, -0.2) is 6.21 Å². The van der Waals surface area contributed by atoms with Crippen LogP contribution in [0.25, 0.3) is 0 Å². The van der Waals surface area contributed by atoms with E-state index in [1.165, 1.54) is 12.1 Å². The number of rotatable bonds is 4. The van der Waals surface area contributed by atoms with Crippen molar-refractivity contribution in [1.29, 1.82) is 0 Å². The van der Waals surface area contributed by atoms with Gasteiger partial charge in [0.1, 0.15) is 12.4 Å². The van der Waals surface area contributed by atoms with E-state index in [1.54, 1.807) is 18.3 Å². The molecule has 2 aromatic rings. The summed E-state index contributed by atoms with van der Waals surface area (Å²) in [6, 6.07) is 15.8. The summed E-state index contributed by atoms with van der Waals surface area (Å²) in [5, 5.41) is 3.84. The first-order valence-corrected chi connectivity index (χ1v) is 5.29. The first-order chi connectivity index (χ1) is 8.34. The summed E-state index contributed by atoms with van der Waals surface area (Å²) in [6.45, 7) is 0.337. The lowest BCUT2D eigenvalue weighted by atomic mass is 10.2. The van der Waals surface area contributed by atoms with Crippen LogP contribution >= 0.6 is 0 Å². The molecule has 2 nitrogen and oxygen atoms in total. The van der Waals surface area contributed by atoms with Crippen molar-refractivity contribution in [3.8, 4) is 0 Å². The Hall–Kier alpha value is -2.16. The maximum absolute atomic E-state index is 12.6. The number of hydrogen-bond acceptors (Lipinski definition) is 2. The highest BCUT2D eigenvalue weighted by molar-refractivity contribution is 5.78. The Morgan fingerprint density at radius 1 is 1.00 bits per heavy atom. The summed E-state index contributed by atoms with van der Waals surface area (Å²) in [5.74, 6) is -0.249. The van der Waals surface area contributed by atoms with Crippen LogP contribution in [0.15, 0.2) is 59.8 Å². The van der Waals surface area contributed by atoms with Gasteiger partial charge in [0.2, 0.25) is 0 Å². The highest BCUT2D eigenvalue weighted by atomic mass is 19.1. The molecule has 0 aliphatic rings. The van der Waals surface area contributed by atoms with E-state index in [4.69, 9.17) is 4.84 Å². The summed E-state index contributed by atoms with van der Waals surface area (Å²) in [4.78, 5) is 5.11. The van der Waals surface area contributed by atoms with Crippen LogP contribution in [0.4, 0.5) is 4.39 Å². The molecule has 0 aliphatic heterocycles. The van der Waals surface area contributed by atoms with Crippen molar-refractivity contribution in [2.75, 3.05) is 0 Å². The summed E-state index contributed by atoms with van der Waals surface area (Å²) in [6.07, 6.45) is 1.64. The Kier molecular flexibility index (Phi) is 3.86. The minimum absolute atomic E-state index is 0.249. The zero-order valence-electron chi connectivity index (χ0n) is 9.21. The molecule has 0 saturated carbocycles. The predicted octanol–water partition coefficient (Wildman–Crippen LogP) is 3.38. The van der Waals surface area contributed by atoms with E-state index in [2.05, 4.69) is 5.16 Å². The second kappa shape index (κ2) is 5.80. The fourth-order valence-electron chi connectivity index (χ4n) is 1.33. The van der Waals surface area contributed by atoms with Gasteiger partial charge in [-0.3, -0.25) is 0 Å². The molecular weight excluding hydrogens is 217 g/mol. The van der Waals surface area contributed by atoms with Crippen molar-refractivity contribution in [1.82, 2.24) is 0 Å². The quantitative estimate of drug-likeness (QED) is 0.581. The Morgan fingerprint density at radius 2 is 1.71 bits per heavy atom. The standard InChI is InChI=1S/C14H12FNO/c15-14-8-6-13(7-9-14)11-17-16-10-12-4-2-1-3-5-12/h1-10H,11H2. The molecule has 2 rings (SSSR count). The maximum Gasteiger partial charge on any atom is 0.142 e. The number of hydrogen-bond donors (Lipinski definition) is 0. The first-order valence-electron chi connectivity index (χ1n) is 5.29. The van der Waals surface area contributed by atoms with Crippen molar-refractivity contribution in [2.45, 2.75) is 6.61 Å². The van der Waals surface area contributed by atoms with Crippen LogP contribution < -0.4 is 0 Å². The molecular formula is C14H12FNO. The van der Waals surface area contributed by atoms with Crippen LogP contribution in [0, 0.1) is 5.82 Å². The highest BCUT2D eigenvalue weighted by Crippen LogP contribution is 2.04. The van der Waals surface area contributed by atoms with Crippen molar-refractivity contribution >= 4 is 6.21 Å². The molecule has 2 aromatic carbocycles. The van der Waals surface area contributed by atoms with Gasteiger partial charge in [0, 0.05) is 0 Å². The van der Waals surface area contributed by atoms with Crippen molar-refractivity contribution in [3.05, 3.63) is 71.5 Å². The molecule has 0 atom stereocenters. The molecule has 0 N–H and O–H groups in total. The lowest BCUT2D eigenvalue weighted by Crippen LogP contribution is -1.88. The van der Waals surface area contributed by atoms with Crippen molar-refractivity contribution < 1.29 is 9.23 Å². The van der Waals surface area contributed by atoms with E-state index in [0.29, 0.717) is 6.61 Å². The summed E-state index contributed by atoms with van der Waals surface area (Å²) in [5.41, 5.74) is 1.86. The average Bonchev–Trinajstić information content (AvgIpc) is 2.38. The minimum Gasteiger partial charge on any atom is -0.391 e. The van der Waals surface area contributed by atoms with E-state index < -0.39 is 0 Å². The topological polar surface area (TPSA) is 21.6 Å². The normalized spacial score (nSPS) is 10.6. The van der Waals surface area contributed by atoms with Crippen molar-refractivity contribution in [3.63, 3.8) is 0 Å². The molecule has 0 amide bonds. The molecule has 0 unspecified atom stereocenters. The summed E-state index contributed by atoms with van der Waals surface area (Å²) < 4.78 is 12.6. The number of benzene rings is 2. The predicted molar refractivity (Wildman–Crippen MR) is 65.2 cm³/mol. The molecule has 0 bridgehead atoms. The first kappa shape index (κ1) is 11.3. The lowest BCUT2D eigenvalue weighted by Gasteiger charge is -1.99. The Balaban J connectivity index is 1.84. The van der Waals surface area contributed by atoms with Gasteiger partial charge in [0.05, 0.1) is 6.21 Å². The van der Waals surface area contributed by atoms with Gasteiger partial charge in [-0.1, -0.05) is 47.6 Å². The molecule has 0 aromatic heterocycles. The third-order valence-corrected chi connectivity index (χ3v) is 2.22. The van der Waals surface area contributed by atoms with Crippen LogP contribution in [0.5, 0.6) is 0 Å². The highest BCUT2D eigenvalue weighted by Gasteiger charge is 1.93. The van der Waals surface area contributed by atoms with Gasteiger partial charge in [-0.2, -0.15) is 0 Å². The number of halogens is 1. The molecule has 0 saturated heterocycles. The second-order valence-electron chi connectivity index (χ2n) is 3.55. The average molecular weight is 229 g/mol. The molecule has 0 spiro atoms. The van der Waals surface area contributed by atoms with Crippen LogP contribution in [-0.2, 0) is 11.4 Å². The van der Waals surface area contributed by atoms with Gasteiger partial charge in [-0.25, -0.2) is 4.39 Å². The molecule has 17 heavy (non-hydrogen) atoms. The summed E-state index contributed by atoms with van der Waals surface area (Å²) in [7, 11) is 0. The smallest absolute Gasteiger partial charge is 0.142 e. The third kappa shape index (κ3) is 3.72. The largest absolute Gasteiger partial charge is 0.391 e. The Bertz CT molecular complexity index is 479. The lowest BCUT2D eigenvalue weighted by molar-refractivity contribution is 0.132. The van der Waals surface area contributed by atoms with E-state index >= 15 is 0 Å². The zero-order chi connectivity index (χ0) is 11.9. The van der Waals surface area contributed by atoms with Crippen LogP contribution in [0.3, 0.4) is 0 Å². The molecule has 0 heterocycles. The molecule has 86 valence electrons. The number of oxime groups is 1. The van der Waals surface area contributed by atoms with Crippen molar-refractivity contribution in [2.24, 2.45) is 5.16 Å². The SMILES string of the molecule is Fc1ccc(CON=Cc2ccccc2)cc1. The zero-order valence-corrected chi connectivity index (χ0v) is 9.21. The minimum atomic E-state index is -0.249. The summed E-state index contributed by atoms with van der Waals surface area (Å²) >= 11 is 0. The van der Waals surface area contributed by atoms with Gasteiger partial charge < -0.3 is 4.84 Å². The van der Waals surface area contributed by atoms with E-state index in [-0.39, 0.29) is 5.82 Å². The van der Waals surface area contributed by atoms with Gasteiger partial charge in [-0.15, -0.1) is 0 Å². The fraction of sp³-hybridized carbons (Fsp3) is 0.0714. The monoisotopic (exact) mass is 229 g/mol. The molecule has 0 aliphatic carbocycles.